The van der Waals surface area contributed by atoms with Gasteiger partial charge in [0.25, 0.3) is 0 Å². The van der Waals surface area contributed by atoms with Crippen LogP contribution in [0.2, 0.25) is 5.02 Å². The number of halogens is 3. The van der Waals surface area contributed by atoms with Crippen molar-refractivity contribution in [1.29, 1.82) is 0 Å². The third-order valence-corrected chi connectivity index (χ3v) is 3.24. The largest absolute Gasteiger partial charge is 0.387 e. The topological polar surface area (TPSA) is 61.4 Å². The summed E-state index contributed by atoms with van der Waals surface area (Å²) >= 11 is 5.89. The number of anilines is 1. The van der Waals surface area contributed by atoms with Gasteiger partial charge in [0.05, 0.1) is 16.8 Å². The number of aliphatic hydroxyl groups is 1. The number of hydrogen-bond acceptors (Lipinski definition) is 2. The first kappa shape index (κ1) is 16.2. The second kappa shape index (κ2) is 7.20. The molecule has 0 saturated heterocycles. The quantitative estimate of drug-likeness (QED) is 0.805. The van der Waals surface area contributed by atoms with Crippen LogP contribution in [0.3, 0.4) is 0 Å². The summed E-state index contributed by atoms with van der Waals surface area (Å²) in [5, 5.41) is 15.1. The Labute approximate surface area is 130 Å². The maximum absolute atomic E-state index is 13.1. The van der Waals surface area contributed by atoms with Crippen molar-refractivity contribution in [2.45, 2.75) is 6.10 Å². The van der Waals surface area contributed by atoms with E-state index in [0.717, 1.165) is 12.1 Å². The average molecular weight is 327 g/mol. The molecular weight excluding hydrogens is 314 g/mol. The zero-order chi connectivity index (χ0) is 16.1. The van der Waals surface area contributed by atoms with Crippen LogP contribution in [0.1, 0.15) is 11.7 Å². The molecule has 0 saturated carbocycles. The number of para-hydroxylation sites is 1. The Morgan fingerprint density at radius 3 is 2.59 bits per heavy atom. The van der Waals surface area contributed by atoms with Crippen LogP contribution >= 0.6 is 11.6 Å². The second-order valence-corrected chi connectivity index (χ2v) is 4.91. The van der Waals surface area contributed by atoms with Crippen LogP contribution in [0.5, 0.6) is 0 Å². The van der Waals surface area contributed by atoms with Gasteiger partial charge in [-0.05, 0) is 29.8 Å². The smallest absolute Gasteiger partial charge is 0.319 e. The Hall–Kier alpha value is -2.18. The van der Waals surface area contributed by atoms with Crippen LogP contribution in [0.15, 0.2) is 42.5 Å². The first-order chi connectivity index (χ1) is 10.5. The summed E-state index contributed by atoms with van der Waals surface area (Å²) in [6, 6.07) is 9.13. The standard InChI is InChI=1S/C15H13ClF2N2O2/c16-10-3-1-2-4-13(10)20-15(22)19-8-14(21)9-5-6-11(17)12(18)7-9/h1-7,14,21H,8H2,(H2,19,20,22)/t14-/m0/s1. The van der Waals surface area contributed by atoms with E-state index < -0.39 is 23.8 Å². The minimum Gasteiger partial charge on any atom is -0.387 e. The summed E-state index contributed by atoms with van der Waals surface area (Å²) in [4.78, 5) is 11.7. The van der Waals surface area contributed by atoms with E-state index in [-0.39, 0.29) is 12.1 Å². The lowest BCUT2D eigenvalue weighted by Crippen LogP contribution is -2.32. The van der Waals surface area contributed by atoms with Crippen molar-refractivity contribution in [2.24, 2.45) is 0 Å². The number of rotatable bonds is 4. The summed E-state index contributed by atoms with van der Waals surface area (Å²) in [7, 11) is 0. The average Bonchev–Trinajstić information content (AvgIpc) is 2.50. The zero-order valence-electron chi connectivity index (χ0n) is 11.3. The van der Waals surface area contributed by atoms with E-state index in [1.165, 1.54) is 6.07 Å². The summed E-state index contributed by atoms with van der Waals surface area (Å²) < 4.78 is 25.9. The number of nitrogens with one attached hydrogen (secondary N) is 2. The van der Waals surface area contributed by atoms with Crippen LogP contribution in [0, 0.1) is 11.6 Å². The molecule has 7 heteroatoms. The van der Waals surface area contributed by atoms with Crippen molar-refractivity contribution in [2.75, 3.05) is 11.9 Å². The van der Waals surface area contributed by atoms with Crippen LogP contribution < -0.4 is 10.6 Å². The molecule has 0 bridgehead atoms. The van der Waals surface area contributed by atoms with Gasteiger partial charge in [0.2, 0.25) is 0 Å². The Morgan fingerprint density at radius 2 is 1.91 bits per heavy atom. The third kappa shape index (κ3) is 4.16. The van der Waals surface area contributed by atoms with Gasteiger partial charge in [0.15, 0.2) is 11.6 Å². The molecule has 0 heterocycles. The highest BCUT2D eigenvalue weighted by Gasteiger charge is 2.12. The third-order valence-electron chi connectivity index (χ3n) is 2.91. The number of hydrogen-bond donors (Lipinski definition) is 3. The van der Waals surface area contributed by atoms with E-state index in [9.17, 15) is 18.7 Å². The van der Waals surface area contributed by atoms with Crippen LogP contribution in [-0.4, -0.2) is 17.7 Å². The molecule has 1 atom stereocenters. The SMILES string of the molecule is O=C(NC[C@H](O)c1ccc(F)c(F)c1)Nc1ccccc1Cl. The fourth-order valence-corrected chi connectivity index (χ4v) is 1.94. The molecule has 4 nitrogen and oxygen atoms in total. The van der Waals surface area contributed by atoms with E-state index in [2.05, 4.69) is 10.6 Å². The maximum atomic E-state index is 13.1. The van der Waals surface area contributed by atoms with E-state index >= 15 is 0 Å². The van der Waals surface area contributed by atoms with Gasteiger partial charge in [-0.25, -0.2) is 13.6 Å². The molecule has 0 spiro atoms. The minimum absolute atomic E-state index is 0.164. The molecule has 0 aliphatic heterocycles. The molecule has 2 rings (SSSR count). The highest BCUT2D eigenvalue weighted by atomic mass is 35.5. The first-order valence-electron chi connectivity index (χ1n) is 6.40. The predicted molar refractivity (Wildman–Crippen MR) is 79.8 cm³/mol. The normalized spacial score (nSPS) is 11.8. The highest BCUT2D eigenvalue weighted by Crippen LogP contribution is 2.20. The van der Waals surface area contributed by atoms with Gasteiger partial charge in [-0.1, -0.05) is 29.8 Å². The molecule has 3 N–H and O–H groups in total. The highest BCUT2D eigenvalue weighted by molar-refractivity contribution is 6.33. The summed E-state index contributed by atoms with van der Waals surface area (Å²) in [5.41, 5.74) is 0.584. The molecule has 2 aromatic carbocycles. The summed E-state index contributed by atoms with van der Waals surface area (Å²) in [6.45, 7) is -0.165. The van der Waals surface area contributed by atoms with Crippen LogP contribution in [0.25, 0.3) is 0 Å². The van der Waals surface area contributed by atoms with Crippen molar-refractivity contribution < 1.29 is 18.7 Å². The number of benzene rings is 2. The molecular formula is C15H13ClF2N2O2. The van der Waals surface area contributed by atoms with E-state index in [1.807, 2.05) is 0 Å². The predicted octanol–water partition coefficient (Wildman–Crippen LogP) is 3.47. The van der Waals surface area contributed by atoms with Gasteiger partial charge in [-0.3, -0.25) is 0 Å². The number of carbonyl (C=O) groups is 1. The van der Waals surface area contributed by atoms with Crippen molar-refractivity contribution in [3.8, 4) is 0 Å². The van der Waals surface area contributed by atoms with Crippen molar-refractivity contribution in [3.05, 3.63) is 64.7 Å². The van der Waals surface area contributed by atoms with Gasteiger partial charge in [0.1, 0.15) is 0 Å². The van der Waals surface area contributed by atoms with E-state index in [4.69, 9.17) is 11.6 Å². The molecule has 0 fully saturated rings. The van der Waals surface area contributed by atoms with Gasteiger partial charge < -0.3 is 15.7 Å². The Kier molecular flexibility index (Phi) is 5.30. The zero-order valence-corrected chi connectivity index (χ0v) is 12.1. The van der Waals surface area contributed by atoms with Crippen molar-refractivity contribution in [3.63, 3.8) is 0 Å². The summed E-state index contributed by atoms with van der Waals surface area (Å²) in [6.07, 6.45) is -1.16. The van der Waals surface area contributed by atoms with Crippen molar-refractivity contribution in [1.82, 2.24) is 5.32 Å². The monoisotopic (exact) mass is 326 g/mol. The van der Waals surface area contributed by atoms with Crippen molar-refractivity contribution >= 4 is 23.3 Å². The summed E-state index contributed by atoms with van der Waals surface area (Å²) in [5.74, 6) is -2.06. The second-order valence-electron chi connectivity index (χ2n) is 4.50. The van der Waals surface area contributed by atoms with E-state index in [1.54, 1.807) is 24.3 Å². The number of carbonyl (C=O) groups excluding carboxylic acids is 1. The molecule has 0 aromatic heterocycles. The molecule has 22 heavy (non-hydrogen) atoms. The molecule has 0 unspecified atom stereocenters. The lowest BCUT2D eigenvalue weighted by atomic mass is 10.1. The minimum atomic E-state index is -1.16. The lowest BCUT2D eigenvalue weighted by Gasteiger charge is -2.13. The van der Waals surface area contributed by atoms with Gasteiger partial charge in [-0.2, -0.15) is 0 Å². The molecule has 2 amide bonds. The molecule has 0 radical (unpaired) electrons. The van der Waals surface area contributed by atoms with Crippen LogP contribution in [-0.2, 0) is 0 Å². The van der Waals surface area contributed by atoms with E-state index in [0.29, 0.717) is 10.7 Å². The maximum Gasteiger partial charge on any atom is 0.319 e. The van der Waals surface area contributed by atoms with Gasteiger partial charge in [0, 0.05) is 6.54 Å². The Balaban J connectivity index is 1.90. The van der Waals surface area contributed by atoms with Gasteiger partial charge in [-0.15, -0.1) is 0 Å². The fourth-order valence-electron chi connectivity index (χ4n) is 1.76. The lowest BCUT2D eigenvalue weighted by molar-refractivity contribution is 0.174. The van der Waals surface area contributed by atoms with Gasteiger partial charge >= 0.3 is 6.03 Å². The molecule has 0 aliphatic rings. The fraction of sp³-hybridized carbons (Fsp3) is 0.133. The number of amides is 2. The number of aliphatic hydroxyl groups excluding tert-OH is 1. The van der Waals surface area contributed by atoms with Crippen LogP contribution in [0.4, 0.5) is 19.3 Å². The molecule has 2 aromatic rings. The number of urea groups is 1. The molecule has 0 aliphatic carbocycles. The molecule has 116 valence electrons. The Morgan fingerprint density at radius 1 is 1.18 bits per heavy atom. The Bertz CT molecular complexity index is 682. The first-order valence-corrected chi connectivity index (χ1v) is 6.77.